The molecule has 0 bridgehead atoms. The van der Waals surface area contributed by atoms with E-state index in [1.807, 2.05) is 29.2 Å². The first kappa shape index (κ1) is 22.1. The van der Waals surface area contributed by atoms with E-state index in [4.69, 9.17) is 0 Å². The van der Waals surface area contributed by atoms with Crippen molar-refractivity contribution in [3.05, 3.63) is 60.9 Å². The summed E-state index contributed by atoms with van der Waals surface area (Å²) >= 11 is 0. The Morgan fingerprint density at radius 2 is 1.70 bits per heavy atom. The SMILES string of the molecule is O=C(Nc1ccc(OC(F)(F)F)cc1)N1CCN(c2ccc(Nc3cccnc3)nn2)CC1. The molecule has 1 saturated heterocycles. The number of carbonyl (C=O) groups excluding carboxylic acids is 1. The van der Waals surface area contributed by atoms with Gasteiger partial charge in [0.05, 0.1) is 11.9 Å². The maximum Gasteiger partial charge on any atom is 0.573 e. The van der Waals surface area contributed by atoms with Gasteiger partial charge in [-0.15, -0.1) is 23.4 Å². The molecule has 2 amide bonds. The number of hydrogen-bond donors (Lipinski definition) is 2. The molecule has 172 valence electrons. The van der Waals surface area contributed by atoms with E-state index in [9.17, 15) is 18.0 Å². The summed E-state index contributed by atoms with van der Waals surface area (Å²) in [4.78, 5) is 20.2. The molecule has 0 saturated carbocycles. The molecule has 1 aliphatic rings. The molecule has 4 rings (SSSR count). The van der Waals surface area contributed by atoms with Crippen LogP contribution in [0.2, 0.25) is 0 Å². The van der Waals surface area contributed by atoms with Crippen molar-refractivity contribution in [3.63, 3.8) is 0 Å². The minimum atomic E-state index is -4.76. The molecule has 9 nitrogen and oxygen atoms in total. The average Bonchev–Trinajstić information content (AvgIpc) is 2.81. The number of aromatic nitrogens is 3. The number of halogens is 3. The number of hydrogen-bond acceptors (Lipinski definition) is 7. The largest absolute Gasteiger partial charge is 0.573 e. The number of anilines is 4. The van der Waals surface area contributed by atoms with Gasteiger partial charge in [-0.1, -0.05) is 0 Å². The van der Waals surface area contributed by atoms with E-state index in [1.54, 1.807) is 17.3 Å². The summed E-state index contributed by atoms with van der Waals surface area (Å²) in [6, 6.07) is 12.0. The van der Waals surface area contributed by atoms with Gasteiger partial charge in [-0.2, -0.15) is 0 Å². The summed E-state index contributed by atoms with van der Waals surface area (Å²) in [5, 5.41) is 14.2. The minimum absolute atomic E-state index is 0.332. The van der Waals surface area contributed by atoms with E-state index < -0.39 is 6.36 Å². The number of piperazine rings is 1. The number of urea groups is 1. The number of ether oxygens (including phenoxy) is 1. The van der Waals surface area contributed by atoms with Gasteiger partial charge in [0, 0.05) is 38.1 Å². The third-order valence-electron chi connectivity index (χ3n) is 4.81. The Morgan fingerprint density at radius 1 is 0.939 bits per heavy atom. The van der Waals surface area contributed by atoms with Crippen LogP contribution in [0.4, 0.5) is 41.0 Å². The van der Waals surface area contributed by atoms with Gasteiger partial charge in [0.1, 0.15) is 5.75 Å². The highest BCUT2D eigenvalue weighted by Crippen LogP contribution is 2.24. The summed E-state index contributed by atoms with van der Waals surface area (Å²) in [5.41, 5.74) is 1.18. The normalized spacial score (nSPS) is 14.0. The van der Waals surface area contributed by atoms with E-state index in [2.05, 4.69) is 30.6 Å². The first-order valence-corrected chi connectivity index (χ1v) is 10.0. The Hall–Kier alpha value is -4.09. The molecule has 33 heavy (non-hydrogen) atoms. The number of carbonyl (C=O) groups is 1. The van der Waals surface area contributed by atoms with Gasteiger partial charge in [0.25, 0.3) is 0 Å². The predicted octanol–water partition coefficient (Wildman–Crippen LogP) is 3.87. The second kappa shape index (κ2) is 9.59. The number of amides is 2. The van der Waals surface area contributed by atoms with Gasteiger partial charge in [-0.3, -0.25) is 4.98 Å². The van der Waals surface area contributed by atoms with Crippen LogP contribution >= 0.6 is 0 Å². The average molecular weight is 459 g/mol. The van der Waals surface area contributed by atoms with Crippen molar-refractivity contribution < 1.29 is 22.7 Å². The van der Waals surface area contributed by atoms with Crippen molar-refractivity contribution in [3.8, 4) is 5.75 Å². The van der Waals surface area contributed by atoms with Crippen molar-refractivity contribution >= 4 is 29.0 Å². The van der Waals surface area contributed by atoms with Gasteiger partial charge >= 0.3 is 12.4 Å². The van der Waals surface area contributed by atoms with Crippen LogP contribution in [0.3, 0.4) is 0 Å². The molecular weight excluding hydrogens is 439 g/mol. The number of benzene rings is 1. The van der Waals surface area contributed by atoms with Crippen molar-refractivity contribution in [2.24, 2.45) is 0 Å². The smallest absolute Gasteiger partial charge is 0.406 e. The topological polar surface area (TPSA) is 95.5 Å². The van der Waals surface area contributed by atoms with Crippen molar-refractivity contribution in [1.82, 2.24) is 20.1 Å². The summed E-state index contributed by atoms with van der Waals surface area (Å²) < 4.78 is 40.5. The Balaban J connectivity index is 1.26. The quantitative estimate of drug-likeness (QED) is 0.598. The van der Waals surface area contributed by atoms with Crippen LogP contribution in [0.15, 0.2) is 60.9 Å². The first-order valence-electron chi connectivity index (χ1n) is 10.0. The summed E-state index contributed by atoms with van der Waals surface area (Å²) in [6.45, 7) is 2.04. The standard InChI is InChI=1S/C21H20F3N7O2/c22-21(23,24)33-17-5-3-15(4-6-17)27-20(32)31-12-10-30(11-13-31)19-8-7-18(28-29-19)26-16-2-1-9-25-14-16/h1-9,14H,10-13H2,(H,26,28)(H,27,32). The van der Waals surface area contributed by atoms with Gasteiger partial charge in [-0.25, -0.2) is 4.79 Å². The minimum Gasteiger partial charge on any atom is -0.406 e. The Bertz CT molecular complexity index is 1060. The van der Waals surface area contributed by atoms with Crippen LogP contribution in [0.1, 0.15) is 0 Å². The van der Waals surface area contributed by atoms with Crippen molar-refractivity contribution in [2.75, 3.05) is 41.7 Å². The summed E-state index contributed by atoms with van der Waals surface area (Å²) in [5.74, 6) is 0.945. The molecule has 3 aromatic rings. The monoisotopic (exact) mass is 459 g/mol. The van der Waals surface area contributed by atoms with E-state index in [0.717, 1.165) is 17.8 Å². The van der Waals surface area contributed by atoms with Gasteiger partial charge in [0.15, 0.2) is 11.6 Å². The number of nitrogens with zero attached hydrogens (tertiary/aromatic N) is 5. The molecule has 2 aromatic heterocycles. The van der Waals surface area contributed by atoms with Crippen LogP contribution in [0, 0.1) is 0 Å². The fourth-order valence-electron chi connectivity index (χ4n) is 3.23. The van der Waals surface area contributed by atoms with Gasteiger partial charge in [-0.05, 0) is 48.5 Å². The van der Waals surface area contributed by atoms with E-state index in [1.165, 1.54) is 12.1 Å². The lowest BCUT2D eigenvalue weighted by Gasteiger charge is -2.35. The Kier molecular flexibility index (Phi) is 6.43. The van der Waals surface area contributed by atoms with Gasteiger partial charge in [0.2, 0.25) is 0 Å². The number of rotatable bonds is 5. The molecule has 12 heteroatoms. The number of nitrogens with one attached hydrogen (secondary N) is 2. The summed E-state index contributed by atoms with van der Waals surface area (Å²) in [6.07, 6.45) is -1.39. The van der Waals surface area contributed by atoms with Crippen LogP contribution in [0.5, 0.6) is 5.75 Å². The summed E-state index contributed by atoms with van der Waals surface area (Å²) in [7, 11) is 0. The fraction of sp³-hybridized carbons (Fsp3) is 0.238. The highest BCUT2D eigenvalue weighted by Gasteiger charge is 2.31. The Labute approximate surface area is 187 Å². The lowest BCUT2D eigenvalue weighted by Crippen LogP contribution is -2.50. The molecule has 0 unspecified atom stereocenters. The van der Waals surface area contributed by atoms with Crippen LogP contribution in [0.25, 0.3) is 0 Å². The zero-order valence-electron chi connectivity index (χ0n) is 17.3. The molecule has 0 aliphatic carbocycles. The van der Waals surface area contributed by atoms with Crippen LogP contribution in [-0.2, 0) is 0 Å². The van der Waals surface area contributed by atoms with E-state index in [-0.39, 0.29) is 11.8 Å². The third kappa shape index (κ3) is 6.21. The second-order valence-corrected chi connectivity index (χ2v) is 7.12. The molecular formula is C21H20F3N7O2. The Morgan fingerprint density at radius 3 is 2.30 bits per heavy atom. The molecule has 0 radical (unpaired) electrons. The number of pyridine rings is 1. The first-order chi connectivity index (χ1) is 15.9. The predicted molar refractivity (Wildman–Crippen MR) is 115 cm³/mol. The van der Waals surface area contributed by atoms with Crippen LogP contribution < -0.4 is 20.3 Å². The fourth-order valence-corrected chi connectivity index (χ4v) is 3.23. The highest BCUT2D eigenvalue weighted by atomic mass is 19.4. The molecule has 1 fully saturated rings. The second-order valence-electron chi connectivity index (χ2n) is 7.12. The third-order valence-corrected chi connectivity index (χ3v) is 4.81. The molecule has 3 heterocycles. The highest BCUT2D eigenvalue weighted by molar-refractivity contribution is 5.89. The van der Waals surface area contributed by atoms with E-state index >= 15 is 0 Å². The van der Waals surface area contributed by atoms with Crippen molar-refractivity contribution in [1.29, 1.82) is 0 Å². The molecule has 0 spiro atoms. The van der Waals surface area contributed by atoms with E-state index in [0.29, 0.717) is 43.5 Å². The zero-order chi connectivity index (χ0) is 23.3. The maximum absolute atomic E-state index is 12.5. The molecule has 0 atom stereocenters. The number of alkyl halides is 3. The molecule has 1 aromatic carbocycles. The lowest BCUT2D eigenvalue weighted by molar-refractivity contribution is -0.274. The lowest BCUT2D eigenvalue weighted by atomic mass is 10.3. The van der Waals surface area contributed by atoms with Gasteiger partial charge < -0.3 is 25.2 Å². The van der Waals surface area contributed by atoms with Crippen molar-refractivity contribution in [2.45, 2.75) is 6.36 Å². The zero-order valence-corrected chi connectivity index (χ0v) is 17.3. The molecule has 2 N–H and O–H groups in total. The maximum atomic E-state index is 12.5. The molecule has 1 aliphatic heterocycles. The van der Waals surface area contributed by atoms with Crippen LogP contribution in [-0.4, -0.2) is 58.7 Å².